The normalized spacial score (nSPS) is 10.4. The third kappa shape index (κ3) is 1.78. The van der Waals surface area contributed by atoms with Gasteiger partial charge in [0.1, 0.15) is 0 Å². The molecule has 3 heteroatoms. The monoisotopic (exact) mass is 228 g/mol. The molecule has 1 radical (unpaired) electrons. The Morgan fingerprint density at radius 3 is 2.24 bits per heavy atom. The number of nitrogens with one attached hydrogen (secondary N) is 3. The van der Waals surface area contributed by atoms with E-state index < -0.39 is 0 Å². The molecule has 0 aliphatic rings. The number of hydrogen-bond donors (Lipinski definition) is 3. The molecule has 0 aliphatic heterocycles. The second-order valence-corrected chi connectivity index (χ2v) is 3.94. The lowest BCUT2D eigenvalue weighted by Gasteiger charge is -2.17. The summed E-state index contributed by atoms with van der Waals surface area (Å²) in [5, 5.41) is 12.0. The van der Waals surface area contributed by atoms with Crippen LogP contribution < -0.4 is 16.0 Å². The van der Waals surface area contributed by atoms with Crippen LogP contribution in [0.4, 0.5) is 17.1 Å². The van der Waals surface area contributed by atoms with Gasteiger partial charge in [0.15, 0.2) is 0 Å². The van der Waals surface area contributed by atoms with E-state index in [9.17, 15) is 0 Å². The van der Waals surface area contributed by atoms with E-state index in [1.807, 2.05) is 27.2 Å². The standard InChI is InChI=1S/C14H18N3/c1-9-8-12(16-3)14(17-4)13-10(9)6-5-7-11(13)15-2/h5-8,15-17H,1H2,2-4H3. The molecule has 0 saturated heterocycles. The predicted molar refractivity (Wildman–Crippen MR) is 77.0 cm³/mol. The first-order valence-corrected chi connectivity index (χ1v) is 5.67. The van der Waals surface area contributed by atoms with Gasteiger partial charge in [-0.3, -0.25) is 0 Å². The third-order valence-corrected chi connectivity index (χ3v) is 3.04. The van der Waals surface area contributed by atoms with Crippen LogP contribution in [-0.4, -0.2) is 21.1 Å². The Morgan fingerprint density at radius 2 is 1.65 bits per heavy atom. The van der Waals surface area contributed by atoms with Gasteiger partial charge >= 0.3 is 0 Å². The van der Waals surface area contributed by atoms with Crippen molar-refractivity contribution in [2.75, 3.05) is 37.1 Å². The summed E-state index contributed by atoms with van der Waals surface area (Å²) in [4.78, 5) is 0. The molecule has 2 aromatic rings. The Morgan fingerprint density at radius 1 is 0.941 bits per heavy atom. The van der Waals surface area contributed by atoms with Gasteiger partial charge in [0.25, 0.3) is 0 Å². The molecule has 0 amide bonds. The lowest BCUT2D eigenvalue weighted by atomic mass is 10.0. The third-order valence-electron chi connectivity index (χ3n) is 3.04. The van der Waals surface area contributed by atoms with Crippen molar-refractivity contribution in [1.29, 1.82) is 0 Å². The lowest BCUT2D eigenvalue weighted by Crippen LogP contribution is -2.01. The maximum Gasteiger partial charge on any atom is 0.0674 e. The lowest BCUT2D eigenvalue weighted by molar-refractivity contribution is 1.45. The van der Waals surface area contributed by atoms with E-state index in [1.165, 1.54) is 10.8 Å². The van der Waals surface area contributed by atoms with Gasteiger partial charge in [-0.15, -0.1) is 0 Å². The second kappa shape index (κ2) is 4.53. The average Bonchev–Trinajstić information content (AvgIpc) is 2.37. The SMILES string of the molecule is [CH2]c1cc(NC)c(NC)c2c(NC)cccc12. The Kier molecular flexibility index (Phi) is 3.09. The van der Waals surface area contributed by atoms with E-state index in [0.29, 0.717) is 0 Å². The van der Waals surface area contributed by atoms with Gasteiger partial charge in [0.05, 0.1) is 11.4 Å². The van der Waals surface area contributed by atoms with E-state index in [-0.39, 0.29) is 0 Å². The Labute approximate surface area is 102 Å². The number of fused-ring (bicyclic) bond motifs is 1. The summed E-state index contributed by atoms with van der Waals surface area (Å²) in [6.45, 7) is 4.11. The Hall–Kier alpha value is -1.90. The highest BCUT2D eigenvalue weighted by Gasteiger charge is 2.11. The fraction of sp³-hybridized carbons (Fsp3) is 0.214. The summed E-state index contributed by atoms with van der Waals surface area (Å²) >= 11 is 0. The zero-order valence-corrected chi connectivity index (χ0v) is 10.5. The maximum atomic E-state index is 4.11. The molecule has 89 valence electrons. The van der Waals surface area contributed by atoms with E-state index in [1.54, 1.807) is 0 Å². The minimum atomic E-state index is 1.03. The summed E-state index contributed by atoms with van der Waals surface area (Å²) < 4.78 is 0. The number of benzene rings is 2. The van der Waals surface area contributed by atoms with Crippen molar-refractivity contribution in [2.24, 2.45) is 0 Å². The van der Waals surface area contributed by atoms with Gasteiger partial charge in [-0.25, -0.2) is 0 Å². The van der Waals surface area contributed by atoms with Crippen LogP contribution in [0.15, 0.2) is 24.3 Å². The first-order chi connectivity index (χ1) is 8.22. The highest BCUT2D eigenvalue weighted by atomic mass is 14.9. The van der Waals surface area contributed by atoms with Crippen molar-refractivity contribution in [3.8, 4) is 0 Å². The molecule has 0 aliphatic carbocycles. The van der Waals surface area contributed by atoms with Gasteiger partial charge in [0, 0.05) is 32.2 Å². The van der Waals surface area contributed by atoms with Crippen LogP contribution in [0.3, 0.4) is 0 Å². The first-order valence-electron chi connectivity index (χ1n) is 5.67. The first kappa shape index (κ1) is 11.6. The molecule has 0 atom stereocenters. The molecule has 0 unspecified atom stereocenters. The molecule has 0 fully saturated rings. The molecule has 17 heavy (non-hydrogen) atoms. The molecule has 0 aromatic heterocycles. The fourth-order valence-electron chi connectivity index (χ4n) is 2.21. The minimum Gasteiger partial charge on any atom is -0.388 e. The maximum absolute atomic E-state index is 4.11. The molecule has 0 spiro atoms. The van der Waals surface area contributed by atoms with Crippen molar-refractivity contribution < 1.29 is 0 Å². The van der Waals surface area contributed by atoms with Crippen LogP contribution in [0.25, 0.3) is 10.8 Å². The van der Waals surface area contributed by atoms with E-state index in [0.717, 1.165) is 22.6 Å². The van der Waals surface area contributed by atoms with Crippen LogP contribution in [0.1, 0.15) is 5.56 Å². The number of anilines is 3. The highest BCUT2D eigenvalue weighted by molar-refractivity contribution is 6.09. The van der Waals surface area contributed by atoms with E-state index in [2.05, 4.69) is 41.1 Å². The zero-order valence-electron chi connectivity index (χ0n) is 10.5. The second-order valence-electron chi connectivity index (χ2n) is 3.94. The summed E-state index contributed by atoms with van der Waals surface area (Å²) in [6.07, 6.45) is 0. The minimum absolute atomic E-state index is 1.03. The van der Waals surface area contributed by atoms with Gasteiger partial charge in [0.2, 0.25) is 0 Å². The van der Waals surface area contributed by atoms with Crippen LogP contribution in [-0.2, 0) is 0 Å². The smallest absolute Gasteiger partial charge is 0.0674 e. The largest absolute Gasteiger partial charge is 0.388 e. The summed E-state index contributed by atoms with van der Waals surface area (Å²) in [5.41, 5.74) is 4.29. The number of rotatable bonds is 3. The quantitative estimate of drug-likeness (QED) is 0.755. The van der Waals surface area contributed by atoms with Crippen molar-refractivity contribution in [3.63, 3.8) is 0 Å². The molecular weight excluding hydrogens is 210 g/mol. The molecule has 3 N–H and O–H groups in total. The Bertz CT molecular complexity index is 547. The number of hydrogen-bond acceptors (Lipinski definition) is 3. The molecule has 2 rings (SSSR count). The summed E-state index contributed by atoms with van der Waals surface area (Å²) in [5.74, 6) is 0. The van der Waals surface area contributed by atoms with Crippen molar-refractivity contribution in [3.05, 3.63) is 36.8 Å². The van der Waals surface area contributed by atoms with Crippen LogP contribution in [0, 0.1) is 6.92 Å². The topological polar surface area (TPSA) is 36.1 Å². The summed E-state index contributed by atoms with van der Waals surface area (Å²) in [7, 11) is 5.79. The zero-order chi connectivity index (χ0) is 12.4. The van der Waals surface area contributed by atoms with Crippen molar-refractivity contribution in [2.45, 2.75) is 0 Å². The van der Waals surface area contributed by atoms with Crippen molar-refractivity contribution >= 4 is 27.8 Å². The predicted octanol–water partition coefficient (Wildman–Crippen LogP) is 3.15. The van der Waals surface area contributed by atoms with E-state index in [4.69, 9.17) is 0 Å². The molecule has 0 heterocycles. The van der Waals surface area contributed by atoms with Crippen LogP contribution >= 0.6 is 0 Å². The van der Waals surface area contributed by atoms with Crippen LogP contribution in [0.5, 0.6) is 0 Å². The Balaban J connectivity index is 2.92. The van der Waals surface area contributed by atoms with E-state index >= 15 is 0 Å². The van der Waals surface area contributed by atoms with Gasteiger partial charge < -0.3 is 16.0 Å². The molecular formula is C14H18N3. The highest BCUT2D eigenvalue weighted by Crippen LogP contribution is 2.37. The average molecular weight is 228 g/mol. The van der Waals surface area contributed by atoms with Gasteiger partial charge in [-0.1, -0.05) is 12.1 Å². The van der Waals surface area contributed by atoms with Gasteiger partial charge in [-0.2, -0.15) is 0 Å². The van der Waals surface area contributed by atoms with Gasteiger partial charge in [-0.05, 0) is 30.0 Å². The molecule has 3 nitrogen and oxygen atoms in total. The molecule has 0 saturated carbocycles. The van der Waals surface area contributed by atoms with Crippen molar-refractivity contribution in [1.82, 2.24) is 0 Å². The fourth-order valence-corrected chi connectivity index (χ4v) is 2.21. The summed E-state index contributed by atoms with van der Waals surface area (Å²) in [6, 6.07) is 8.27. The molecule has 2 aromatic carbocycles. The van der Waals surface area contributed by atoms with Crippen LogP contribution in [0.2, 0.25) is 0 Å². The molecule has 0 bridgehead atoms.